The van der Waals surface area contributed by atoms with Gasteiger partial charge in [0.15, 0.2) is 11.6 Å². The zero-order chi connectivity index (χ0) is 37.8. The fourth-order valence-electron chi connectivity index (χ4n) is 5.78. The molecule has 0 saturated heterocycles. The largest absolute Gasteiger partial charge is 0.497 e. The van der Waals surface area contributed by atoms with E-state index in [1.54, 1.807) is 50.6 Å². The van der Waals surface area contributed by atoms with E-state index in [0.717, 1.165) is 16.9 Å². The van der Waals surface area contributed by atoms with E-state index in [9.17, 15) is 19.2 Å². The van der Waals surface area contributed by atoms with Crippen LogP contribution in [0.15, 0.2) is 145 Å². The first kappa shape index (κ1) is 38.1. The molecule has 4 aromatic carbocycles. The molecule has 0 bridgehead atoms. The highest BCUT2D eigenvalue weighted by Gasteiger charge is 2.39. The first-order chi connectivity index (χ1) is 25.6. The fraction of sp³-hybridized carbons (Fsp3) is 0.163. The number of ketones is 2. The maximum atomic E-state index is 12.6. The molecule has 0 amide bonds. The van der Waals surface area contributed by atoms with Crippen LogP contribution in [-0.4, -0.2) is 63.4 Å². The average molecular weight is 729 g/mol. The number of benzene rings is 4. The number of methoxy groups -OCH3 is 2. The second-order valence-corrected chi connectivity index (χ2v) is 15.8. The van der Waals surface area contributed by atoms with Crippen molar-refractivity contribution in [3.05, 3.63) is 156 Å². The highest BCUT2D eigenvalue weighted by atomic mass is 28.4. The van der Waals surface area contributed by atoms with Crippen molar-refractivity contribution in [3.8, 4) is 11.5 Å². The Bertz CT molecular complexity index is 1990. The highest BCUT2D eigenvalue weighted by Crippen LogP contribution is 2.26. The van der Waals surface area contributed by atoms with E-state index >= 15 is 0 Å². The molecule has 0 aromatic heterocycles. The van der Waals surface area contributed by atoms with Gasteiger partial charge >= 0.3 is 11.9 Å². The third-order valence-corrected chi connectivity index (χ3v) is 12.3. The summed E-state index contributed by atoms with van der Waals surface area (Å²) in [5, 5.41) is 10.9. The van der Waals surface area contributed by atoms with Crippen LogP contribution in [0.1, 0.15) is 24.0 Å². The normalized spacial score (nSPS) is 17.8. The van der Waals surface area contributed by atoms with Crippen molar-refractivity contribution < 1.29 is 42.9 Å². The van der Waals surface area contributed by atoms with Crippen molar-refractivity contribution in [2.24, 2.45) is 0 Å². The zero-order valence-electron chi connectivity index (χ0n) is 29.6. The Morgan fingerprint density at radius 3 is 1.51 bits per heavy atom. The maximum absolute atomic E-state index is 12.6. The van der Waals surface area contributed by atoms with Gasteiger partial charge in [0.1, 0.15) is 17.6 Å². The van der Waals surface area contributed by atoms with Crippen molar-refractivity contribution in [1.29, 1.82) is 0 Å². The molecule has 53 heavy (non-hydrogen) atoms. The van der Waals surface area contributed by atoms with Crippen LogP contribution in [0.5, 0.6) is 11.5 Å². The highest BCUT2D eigenvalue weighted by molar-refractivity contribution is 6.96. The lowest BCUT2D eigenvalue weighted by Gasteiger charge is -2.31. The molecular weight excluding hydrogens is 689 g/mol. The smallest absolute Gasteiger partial charge is 0.307 e. The third-order valence-electron chi connectivity index (χ3n) is 8.72. The fourth-order valence-corrected chi connectivity index (χ4v) is 8.76. The summed E-state index contributed by atoms with van der Waals surface area (Å²) in [5.74, 6) is -0.495. The van der Waals surface area contributed by atoms with Crippen LogP contribution in [0.2, 0.25) is 6.55 Å². The lowest BCUT2D eigenvalue weighted by molar-refractivity contribution is -0.149. The molecule has 0 saturated carbocycles. The van der Waals surface area contributed by atoms with E-state index in [4.69, 9.17) is 23.7 Å². The predicted molar refractivity (Wildman–Crippen MR) is 206 cm³/mol. The number of carboxylic acids is 1. The third kappa shape index (κ3) is 10.0. The number of hydrogen-bond donors (Lipinski definition) is 1. The molecule has 1 N–H and O–H groups in total. The molecule has 2 aliphatic rings. The Morgan fingerprint density at radius 2 is 1.08 bits per heavy atom. The summed E-state index contributed by atoms with van der Waals surface area (Å²) in [4.78, 5) is 46.6. The summed E-state index contributed by atoms with van der Waals surface area (Å²) in [5.41, 5.74) is 2.70. The van der Waals surface area contributed by atoms with Gasteiger partial charge in [-0.25, -0.2) is 0 Å². The molecule has 9 nitrogen and oxygen atoms in total. The zero-order valence-corrected chi connectivity index (χ0v) is 30.6. The van der Waals surface area contributed by atoms with Gasteiger partial charge in [-0.2, -0.15) is 0 Å². The van der Waals surface area contributed by atoms with Crippen molar-refractivity contribution in [1.82, 2.24) is 0 Å². The minimum atomic E-state index is -2.53. The van der Waals surface area contributed by atoms with E-state index in [1.165, 1.54) is 22.5 Å². The van der Waals surface area contributed by atoms with Gasteiger partial charge in [-0.3, -0.25) is 19.2 Å². The molecule has 0 aliphatic heterocycles. The number of ether oxygens (including phenoxy) is 3. The van der Waals surface area contributed by atoms with Crippen LogP contribution in [0.4, 0.5) is 0 Å². The summed E-state index contributed by atoms with van der Waals surface area (Å²) in [6.07, 6.45) is 8.15. The number of esters is 1. The van der Waals surface area contributed by atoms with Crippen molar-refractivity contribution in [2.75, 3.05) is 14.2 Å². The quantitative estimate of drug-likeness (QED) is 0.107. The van der Waals surface area contributed by atoms with Crippen LogP contribution in [0.25, 0.3) is 12.2 Å². The molecule has 6 rings (SSSR count). The molecule has 0 spiro atoms. The van der Waals surface area contributed by atoms with Crippen LogP contribution < -0.4 is 19.8 Å². The Kier molecular flexibility index (Phi) is 12.9. The Hall–Kier alpha value is -6.10. The molecule has 2 unspecified atom stereocenters. The van der Waals surface area contributed by atoms with Gasteiger partial charge in [0.25, 0.3) is 8.32 Å². The second-order valence-electron chi connectivity index (χ2n) is 12.3. The van der Waals surface area contributed by atoms with Gasteiger partial charge in [-0.15, -0.1) is 0 Å². The number of carbonyl (C=O) groups is 4. The molecule has 2 atom stereocenters. The van der Waals surface area contributed by atoms with Crippen molar-refractivity contribution in [3.63, 3.8) is 0 Å². The average Bonchev–Trinajstić information content (AvgIpc) is 3.71. The summed E-state index contributed by atoms with van der Waals surface area (Å²) < 4.78 is 22.3. The summed E-state index contributed by atoms with van der Waals surface area (Å²) in [7, 11) is 0.665. The molecule has 0 heterocycles. The summed E-state index contributed by atoms with van der Waals surface area (Å²) in [6, 6.07) is 35.4. The van der Waals surface area contributed by atoms with Crippen LogP contribution >= 0.6 is 0 Å². The van der Waals surface area contributed by atoms with Crippen LogP contribution in [0.3, 0.4) is 0 Å². The predicted octanol–water partition coefficient (Wildman–Crippen LogP) is 5.99. The lowest BCUT2D eigenvalue weighted by atomic mass is 10.1. The molecule has 4 aromatic rings. The monoisotopic (exact) mass is 728 g/mol. The Morgan fingerprint density at radius 1 is 0.642 bits per heavy atom. The van der Waals surface area contributed by atoms with Gasteiger partial charge in [0.2, 0.25) is 0 Å². The minimum Gasteiger partial charge on any atom is -0.497 e. The van der Waals surface area contributed by atoms with E-state index in [1.807, 2.05) is 72.8 Å². The number of hydrogen-bond acceptors (Lipinski definition) is 8. The first-order valence-corrected chi connectivity index (χ1v) is 19.4. The standard InChI is InChI=1S/C26H24O3Si.C17H16O6/c1-28-21-15-13-20(14-16-21)19-24-25(27)17-18-26(24)29-30(2,22-9-5-3-6-10-22)23-11-7-4-8-12-23;1-22-12-4-2-11(3-5-12)10-13-14(18)6-7-15(13)23-17(21)9-8-16(19)20/h3-19,26H,1-2H3;2-7,10,15H,8-9H2,1H3,(H,19,20). The van der Waals surface area contributed by atoms with Gasteiger partial charge in [-0.1, -0.05) is 84.9 Å². The molecular formula is C43H40O9Si. The SMILES string of the molecule is COc1ccc(C=C2C(=O)C=CC2OC(=O)CCC(=O)O)cc1.COc1ccc(C=C2C(=O)C=CC2O[Si](C)(c2ccccc2)c2ccccc2)cc1. The molecule has 10 heteroatoms. The number of carboxylic acid groups (broad SMARTS) is 1. The van der Waals surface area contributed by atoms with Gasteiger partial charge in [0.05, 0.1) is 33.2 Å². The van der Waals surface area contributed by atoms with Gasteiger partial charge in [0, 0.05) is 11.1 Å². The Balaban J connectivity index is 0.000000212. The van der Waals surface area contributed by atoms with Crippen molar-refractivity contribution in [2.45, 2.75) is 31.6 Å². The van der Waals surface area contributed by atoms with Gasteiger partial charge in [-0.05, 0) is 88.8 Å². The summed E-state index contributed by atoms with van der Waals surface area (Å²) >= 11 is 0. The molecule has 270 valence electrons. The second kappa shape index (κ2) is 17.9. The Labute approximate surface area is 309 Å². The molecule has 0 fully saturated rings. The van der Waals surface area contributed by atoms with E-state index in [0.29, 0.717) is 16.9 Å². The summed E-state index contributed by atoms with van der Waals surface area (Å²) in [6.45, 7) is 2.19. The molecule has 0 radical (unpaired) electrons. The maximum Gasteiger partial charge on any atom is 0.307 e. The first-order valence-electron chi connectivity index (χ1n) is 17.0. The number of allylic oxidation sites excluding steroid dienone is 2. The van der Waals surface area contributed by atoms with E-state index in [2.05, 4.69) is 30.8 Å². The van der Waals surface area contributed by atoms with Crippen molar-refractivity contribution >= 4 is 54.3 Å². The van der Waals surface area contributed by atoms with E-state index in [-0.39, 0.29) is 30.5 Å². The van der Waals surface area contributed by atoms with Crippen LogP contribution in [-0.2, 0) is 28.3 Å². The molecule has 2 aliphatic carbocycles. The van der Waals surface area contributed by atoms with Gasteiger partial charge < -0.3 is 23.7 Å². The van der Waals surface area contributed by atoms with E-state index < -0.39 is 26.4 Å². The number of rotatable bonds is 12. The van der Waals surface area contributed by atoms with Crippen LogP contribution in [0, 0.1) is 0 Å². The topological polar surface area (TPSA) is 125 Å². The minimum absolute atomic E-state index is 0.00621. The number of carbonyl (C=O) groups excluding carboxylic acids is 3. The number of aliphatic carboxylic acids is 1. The lowest BCUT2D eigenvalue weighted by Crippen LogP contribution is -2.59.